The fraction of sp³-hybridized carbons (Fsp3) is 0.464. The molecule has 2 fully saturated rings. The molecule has 2 aromatic rings. The number of amides is 1. The maximum atomic E-state index is 13.2. The zero-order chi connectivity index (χ0) is 23.3. The van der Waals surface area contributed by atoms with Crippen LogP contribution in [0.25, 0.3) is 6.08 Å². The molecule has 0 N–H and O–H groups in total. The van der Waals surface area contributed by atoms with Gasteiger partial charge in [0.15, 0.2) is 11.5 Å². The number of rotatable bonds is 6. The van der Waals surface area contributed by atoms with Crippen molar-refractivity contribution < 1.29 is 14.3 Å². The van der Waals surface area contributed by atoms with E-state index in [4.69, 9.17) is 9.47 Å². The van der Waals surface area contributed by atoms with Crippen LogP contribution >= 0.6 is 0 Å². The van der Waals surface area contributed by atoms with Crippen LogP contribution in [0, 0.1) is 5.92 Å². The molecule has 0 aliphatic carbocycles. The molecular formula is C28H35N3O3. The summed E-state index contributed by atoms with van der Waals surface area (Å²) in [4.78, 5) is 20.2. The number of piperazine rings is 1. The molecule has 3 aliphatic rings. The highest BCUT2D eigenvalue weighted by Crippen LogP contribution is 2.33. The van der Waals surface area contributed by atoms with Crippen LogP contribution in [0.2, 0.25) is 0 Å². The third kappa shape index (κ3) is 5.62. The van der Waals surface area contributed by atoms with Gasteiger partial charge in [0.25, 0.3) is 0 Å². The first-order chi connectivity index (χ1) is 16.6. The minimum atomic E-state index is 0.176. The van der Waals surface area contributed by atoms with Gasteiger partial charge >= 0.3 is 0 Å². The lowest BCUT2D eigenvalue weighted by Gasteiger charge is -2.38. The van der Waals surface area contributed by atoms with E-state index < -0.39 is 0 Å². The number of likely N-dealkylation sites (tertiary alicyclic amines) is 1. The summed E-state index contributed by atoms with van der Waals surface area (Å²) in [5, 5.41) is 0. The van der Waals surface area contributed by atoms with E-state index in [1.807, 2.05) is 12.1 Å². The van der Waals surface area contributed by atoms with Crippen molar-refractivity contribution in [3.05, 3.63) is 65.2 Å². The predicted molar refractivity (Wildman–Crippen MR) is 134 cm³/mol. The number of hydrogen-bond acceptors (Lipinski definition) is 5. The summed E-state index contributed by atoms with van der Waals surface area (Å²) in [6, 6.07) is 16.7. The molecular weight excluding hydrogens is 426 g/mol. The Kier molecular flexibility index (Phi) is 7.16. The summed E-state index contributed by atoms with van der Waals surface area (Å²) in [7, 11) is 0. The maximum absolute atomic E-state index is 13.2. The fourth-order valence-electron chi connectivity index (χ4n) is 5.25. The zero-order valence-corrected chi connectivity index (χ0v) is 20.1. The molecule has 3 aliphatic heterocycles. The quantitative estimate of drug-likeness (QED) is 0.654. The molecule has 180 valence electrons. The van der Waals surface area contributed by atoms with Crippen molar-refractivity contribution in [1.82, 2.24) is 14.7 Å². The second kappa shape index (κ2) is 10.6. The fourth-order valence-corrected chi connectivity index (χ4v) is 5.25. The Labute approximate surface area is 202 Å². The second-order valence-electron chi connectivity index (χ2n) is 9.74. The smallest absolute Gasteiger partial charge is 0.231 e. The van der Waals surface area contributed by atoms with Gasteiger partial charge in [0.05, 0.1) is 0 Å². The third-order valence-electron chi connectivity index (χ3n) is 7.15. The Morgan fingerprint density at radius 3 is 2.41 bits per heavy atom. The normalized spacial score (nSPS) is 20.0. The highest BCUT2D eigenvalue weighted by Gasteiger charge is 2.30. The Morgan fingerprint density at radius 1 is 0.912 bits per heavy atom. The van der Waals surface area contributed by atoms with Gasteiger partial charge in [0.1, 0.15) is 0 Å². The molecule has 0 unspecified atom stereocenters. The summed E-state index contributed by atoms with van der Waals surface area (Å²) >= 11 is 0. The lowest BCUT2D eigenvalue weighted by molar-refractivity contribution is -0.138. The minimum Gasteiger partial charge on any atom is -0.454 e. The van der Waals surface area contributed by atoms with Gasteiger partial charge < -0.3 is 14.4 Å². The molecule has 5 rings (SSSR count). The Morgan fingerprint density at radius 2 is 1.65 bits per heavy atom. The molecule has 2 aromatic carbocycles. The molecule has 0 saturated carbocycles. The van der Waals surface area contributed by atoms with Crippen molar-refractivity contribution in [3.8, 4) is 11.5 Å². The monoisotopic (exact) mass is 461 g/mol. The number of ether oxygens (including phenoxy) is 2. The van der Waals surface area contributed by atoms with E-state index in [0.717, 1.165) is 76.7 Å². The molecule has 3 heterocycles. The first-order valence-corrected chi connectivity index (χ1v) is 12.5. The lowest BCUT2D eigenvalue weighted by atomic mass is 9.94. The van der Waals surface area contributed by atoms with Crippen LogP contribution in [0.15, 0.2) is 54.1 Å². The third-order valence-corrected chi connectivity index (χ3v) is 7.15. The molecule has 0 radical (unpaired) electrons. The lowest BCUT2D eigenvalue weighted by Crippen LogP contribution is -2.51. The molecule has 0 aromatic heterocycles. The molecule has 0 bridgehead atoms. The van der Waals surface area contributed by atoms with E-state index in [-0.39, 0.29) is 5.92 Å². The van der Waals surface area contributed by atoms with Gasteiger partial charge in [-0.2, -0.15) is 0 Å². The maximum Gasteiger partial charge on any atom is 0.231 e. The van der Waals surface area contributed by atoms with Crippen LogP contribution in [0.1, 0.15) is 30.9 Å². The summed E-state index contributed by atoms with van der Waals surface area (Å²) < 4.78 is 10.9. The zero-order valence-electron chi connectivity index (χ0n) is 20.1. The highest BCUT2D eigenvalue weighted by molar-refractivity contribution is 5.79. The molecule has 34 heavy (non-hydrogen) atoms. The highest BCUT2D eigenvalue weighted by atomic mass is 16.7. The Bertz CT molecular complexity index is 1010. The predicted octanol–water partition coefficient (Wildman–Crippen LogP) is 3.88. The molecule has 6 nitrogen and oxygen atoms in total. The number of carbonyl (C=O) groups excluding carboxylic acids is 1. The van der Waals surface area contributed by atoms with Crippen LogP contribution in [0.4, 0.5) is 0 Å². The first kappa shape index (κ1) is 22.9. The van der Waals surface area contributed by atoms with E-state index in [1.165, 1.54) is 16.7 Å². The Hall–Kier alpha value is -2.83. The van der Waals surface area contributed by atoms with E-state index in [1.54, 1.807) is 0 Å². The van der Waals surface area contributed by atoms with E-state index in [2.05, 4.69) is 64.1 Å². The number of fused-ring (bicyclic) bond motifs is 1. The number of benzene rings is 2. The van der Waals surface area contributed by atoms with Gasteiger partial charge in [-0.05, 0) is 56.1 Å². The van der Waals surface area contributed by atoms with Gasteiger partial charge in [-0.1, -0.05) is 48.0 Å². The average Bonchev–Trinajstić information content (AvgIpc) is 3.33. The van der Waals surface area contributed by atoms with Gasteiger partial charge in [0.2, 0.25) is 12.7 Å². The van der Waals surface area contributed by atoms with Crippen molar-refractivity contribution in [2.24, 2.45) is 5.92 Å². The summed E-state index contributed by atoms with van der Waals surface area (Å²) in [6.45, 7) is 9.86. The number of piperidine rings is 1. The van der Waals surface area contributed by atoms with Crippen molar-refractivity contribution in [3.63, 3.8) is 0 Å². The Balaban J connectivity index is 1.05. The number of hydrogen-bond donors (Lipinski definition) is 0. The van der Waals surface area contributed by atoms with Gasteiger partial charge in [-0.3, -0.25) is 14.6 Å². The number of nitrogens with zero attached hydrogens (tertiary/aromatic N) is 3. The largest absolute Gasteiger partial charge is 0.454 e. The van der Waals surface area contributed by atoms with Crippen molar-refractivity contribution in [2.45, 2.75) is 26.3 Å². The molecule has 0 atom stereocenters. The van der Waals surface area contributed by atoms with Crippen molar-refractivity contribution in [1.29, 1.82) is 0 Å². The van der Waals surface area contributed by atoms with E-state index in [0.29, 0.717) is 12.7 Å². The van der Waals surface area contributed by atoms with Crippen LogP contribution in [0.3, 0.4) is 0 Å². The SMILES string of the molecule is CC(=Cc1ccccc1)CN1CCC(C(=O)N2CCN(Cc3ccc4c(c3)OCO4)CC2)CC1. The van der Waals surface area contributed by atoms with E-state index >= 15 is 0 Å². The summed E-state index contributed by atoms with van der Waals surface area (Å²) in [6.07, 6.45) is 4.20. The molecule has 6 heteroatoms. The van der Waals surface area contributed by atoms with E-state index in [9.17, 15) is 4.79 Å². The van der Waals surface area contributed by atoms with Crippen molar-refractivity contribution >= 4 is 12.0 Å². The van der Waals surface area contributed by atoms with Crippen LogP contribution < -0.4 is 9.47 Å². The van der Waals surface area contributed by atoms with Gasteiger partial charge in [-0.15, -0.1) is 0 Å². The summed E-state index contributed by atoms with van der Waals surface area (Å²) in [5.74, 6) is 2.20. The van der Waals surface area contributed by atoms with Gasteiger partial charge in [-0.25, -0.2) is 0 Å². The average molecular weight is 462 g/mol. The van der Waals surface area contributed by atoms with Crippen LogP contribution in [-0.4, -0.2) is 73.2 Å². The first-order valence-electron chi connectivity index (χ1n) is 12.5. The number of carbonyl (C=O) groups is 1. The second-order valence-corrected chi connectivity index (χ2v) is 9.74. The molecule has 0 spiro atoms. The van der Waals surface area contributed by atoms with Crippen molar-refractivity contribution in [2.75, 3.05) is 52.6 Å². The van der Waals surface area contributed by atoms with Crippen LogP contribution in [0.5, 0.6) is 11.5 Å². The minimum absolute atomic E-state index is 0.176. The summed E-state index contributed by atoms with van der Waals surface area (Å²) in [5.41, 5.74) is 3.85. The molecule has 1 amide bonds. The van der Waals surface area contributed by atoms with Gasteiger partial charge in [0, 0.05) is 45.2 Å². The standard InChI is InChI=1S/C28H35N3O3/c1-22(17-23-5-3-2-4-6-23)19-29-11-9-25(10-12-29)28(32)31-15-13-30(14-16-31)20-24-7-8-26-27(18-24)34-21-33-26/h2-8,17-18,25H,9-16,19-21H2,1H3. The van der Waals surface area contributed by atoms with Crippen LogP contribution in [-0.2, 0) is 11.3 Å². The molecule has 2 saturated heterocycles. The topological polar surface area (TPSA) is 45.3 Å².